The van der Waals surface area contributed by atoms with Crippen molar-refractivity contribution in [2.24, 2.45) is 0 Å². The van der Waals surface area contributed by atoms with Crippen LogP contribution in [0.15, 0.2) is 41.5 Å². The van der Waals surface area contributed by atoms with E-state index in [0.717, 1.165) is 28.0 Å². The molecule has 1 atom stereocenters. The van der Waals surface area contributed by atoms with Crippen molar-refractivity contribution in [2.75, 3.05) is 0 Å². The van der Waals surface area contributed by atoms with Gasteiger partial charge in [-0.25, -0.2) is 4.98 Å². The summed E-state index contributed by atoms with van der Waals surface area (Å²) in [6.45, 7) is 8.05. The lowest BCUT2D eigenvalue weighted by Gasteiger charge is -2.16. The number of rotatable bonds is 3. The lowest BCUT2D eigenvalue weighted by molar-refractivity contribution is 0.517. The molecule has 3 rings (SSSR count). The van der Waals surface area contributed by atoms with Gasteiger partial charge in [-0.15, -0.1) is 0 Å². The first-order chi connectivity index (χ1) is 11.0. The van der Waals surface area contributed by atoms with Gasteiger partial charge in [0.25, 0.3) is 5.56 Å². The number of aromatic nitrogens is 3. The monoisotopic (exact) mass is 307 g/mol. The number of hydrogen-bond acceptors (Lipinski definition) is 3. The molecule has 0 aliphatic rings. The zero-order valence-corrected chi connectivity index (χ0v) is 14.0. The van der Waals surface area contributed by atoms with E-state index in [9.17, 15) is 4.79 Å². The minimum atomic E-state index is 0.00955. The first-order valence-corrected chi connectivity index (χ1v) is 7.87. The Morgan fingerprint density at radius 2 is 1.91 bits per heavy atom. The van der Waals surface area contributed by atoms with Gasteiger partial charge in [-0.3, -0.25) is 14.3 Å². The van der Waals surface area contributed by atoms with Gasteiger partial charge in [-0.05, 0) is 57.0 Å². The molecule has 118 valence electrons. The molecule has 3 aromatic rings. The van der Waals surface area contributed by atoms with Gasteiger partial charge in [0.05, 0.1) is 17.2 Å². The molecule has 4 nitrogen and oxygen atoms in total. The van der Waals surface area contributed by atoms with Crippen molar-refractivity contribution < 1.29 is 0 Å². The van der Waals surface area contributed by atoms with Gasteiger partial charge in [0.1, 0.15) is 0 Å². The zero-order valence-electron chi connectivity index (χ0n) is 14.0. The zero-order chi connectivity index (χ0) is 16.6. The quantitative estimate of drug-likeness (QED) is 0.744. The van der Waals surface area contributed by atoms with Gasteiger partial charge in [0, 0.05) is 23.9 Å². The predicted molar refractivity (Wildman–Crippen MR) is 92.9 cm³/mol. The highest BCUT2D eigenvalue weighted by atomic mass is 16.1. The molecule has 2 heterocycles. The second-order valence-electron chi connectivity index (χ2n) is 6.18. The van der Waals surface area contributed by atoms with Crippen molar-refractivity contribution in [1.29, 1.82) is 0 Å². The van der Waals surface area contributed by atoms with Crippen molar-refractivity contribution in [1.82, 2.24) is 14.5 Å². The average molecular weight is 307 g/mol. The maximum Gasteiger partial charge on any atom is 0.261 e. The fourth-order valence-corrected chi connectivity index (χ4v) is 2.88. The Morgan fingerprint density at radius 3 is 2.65 bits per heavy atom. The van der Waals surface area contributed by atoms with Gasteiger partial charge in [-0.2, -0.15) is 0 Å². The van der Waals surface area contributed by atoms with Crippen LogP contribution in [0.3, 0.4) is 0 Å². The van der Waals surface area contributed by atoms with Gasteiger partial charge in [-0.1, -0.05) is 12.1 Å². The van der Waals surface area contributed by atoms with E-state index in [1.165, 1.54) is 0 Å². The standard InChI is InChI=1S/C19H21N3O/c1-12-8-9-17-18(15(12)4)20-11-22(19(17)23)14(3)10-16-7-5-6-13(2)21-16/h5-9,11,14H,10H2,1-4H3/t14-/m0/s1. The summed E-state index contributed by atoms with van der Waals surface area (Å²) in [6.07, 6.45) is 2.37. The highest BCUT2D eigenvalue weighted by molar-refractivity contribution is 5.81. The van der Waals surface area contributed by atoms with E-state index in [2.05, 4.69) is 9.97 Å². The fourth-order valence-electron chi connectivity index (χ4n) is 2.88. The molecule has 0 spiro atoms. The summed E-state index contributed by atoms with van der Waals surface area (Å²) in [5.41, 5.74) is 5.01. The van der Waals surface area contributed by atoms with E-state index in [4.69, 9.17) is 0 Å². The molecule has 1 aromatic carbocycles. The normalized spacial score (nSPS) is 12.5. The summed E-state index contributed by atoms with van der Waals surface area (Å²) in [6, 6.07) is 9.84. The largest absolute Gasteiger partial charge is 0.295 e. The van der Waals surface area contributed by atoms with Crippen LogP contribution in [-0.2, 0) is 6.42 Å². The summed E-state index contributed by atoms with van der Waals surface area (Å²) in [7, 11) is 0. The lowest BCUT2D eigenvalue weighted by Crippen LogP contribution is -2.25. The highest BCUT2D eigenvalue weighted by Crippen LogP contribution is 2.18. The molecular weight excluding hydrogens is 286 g/mol. The molecule has 2 aromatic heterocycles. The third-order valence-corrected chi connectivity index (χ3v) is 4.40. The number of benzene rings is 1. The van der Waals surface area contributed by atoms with E-state index in [1.807, 2.05) is 58.0 Å². The third kappa shape index (κ3) is 2.89. The Labute approximate surface area is 135 Å². The van der Waals surface area contributed by atoms with Crippen molar-refractivity contribution in [3.8, 4) is 0 Å². The number of fused-ring (bicyclic) bond motifs is 1. The first-order valence-electron chi connectivity index (χ1n) is 7.87. The molecule has 23 heavy (non-hydrogen) atoms. The first kappa shape index (κ1) is 15.4. The molecule has 0 saturated carbocycles. The van der Waals surface area contributed by atoms with Crippen LogP contribution in [0.5, 0.6) is 0 Å². The summed E-state index contributed by atoms with van der Waals surface area (Å²) in [5, 5.41) is 0.680. The van der Waals surface area contributed by atoms with Crippen LogP contribution in [0, 0.1) is 20.8 Å². The topological polar surface area (TPSA) is 47.8 Å². The van der Waals surface area contributed by atoms with Crippen LogP contribution in [0.2, 0.25) is 0 Å². The predicted octanol–water partition coefficient (Wildman–Crippen LogP) is 3.52. The van der Waals surface area contributed by atoms with E-state index < -0.39 is 0 Å². The van der Waals surface area contributed by atoms with Crippen LogP contribution in [0.1, 0.15) is 35.5 Å². The number of nitrogens with zero attached hydrogens (tertiary/aromatic N) is 3. The maximum absolute atomic E-state index is 12.8. The fraction of sp³-hybridized carbons (Fsp3) is 0.316. The van der Waals surface area contributed by atoms with Crippen LogP contribution in [0.4, 0.5) is 0 Å². The number of hydrogen-bond donors (Lipinski definition) is 0. The molecule has 0 unspecified atom stereocenters. The minimum absolute atomic E-state index is 0.00955. The second kappa shape index (κ2) is 5.95. The summed E-state index contributed by atoms with van der Waals surface area (Å²) in [4.78, 5) is 21.8. The number of pyridine rings is 1. The van der Waals surface area contributed by atoms with E-state index in [1.54, 1.807) is 10.9 Å². The summed E-state index contributed by atoms with van der Waals surface area (Å²) >= 11 is 0. The molecule has 0 aliphatic carbocycles. The highest BCUT2D eigenvalue weighted by Gasteiger charge is 2.13. The summed E-state index contributed by atoms with van der Waals surface area (Å²) in [5.74, 6) is 0. The van der Waals surface area contributed by atoms with E-state index in [-0.39, 0.29) is 11.6 Å². The smallest absolute Gasteiger partial charge is 0.261 e. The third-order valence-electron chi connectivity index (χ3n) is 4.40. The average Bonchev–Trinajstić information content (AvgIpc) is 2.51. The van der Waals surface area contributed by atoms with Crippen molar-refractivity contribution in [3.05, 3.63) is 69.5 Å². The van der Waals surface area contributed by atoms with Crippen LogP contribution >= 0.6 is 0 Å². The minimum Gasteiger partial charge on any atom is -0.295 e. The molecule has 0 amide bonds. The Morgan fingerprint density at radius 1 is 1.13 bits per heavy atom. The molecule has 0 N–H and O–H groups in total. The van der Waals surface area contributed by atoms with Gasteiger partial charge in [0.2, 0.25) is 0 Å². The van der Waals surface area contributed by atoms with E-state index in [0.29, 0.717) is 11.8 Å². The van der Waals surface area contributed by atoms with Crippen LogP contribution in [-0.4, -0.2) is 14.5 Å². The Bertz CT molecular complexity index is 928. The van der Waals surface area contributed by atoms with Crippen molar-refractivity contribution in [3.63, 3.8) is 0 Å². The van der Waals surface area contributed by atoms with Crippen LogP contribution < -0.4 is 5.56 Å². The second-order valence-corrected chi connectivity index (χ2v) is 6.18. The van der Waals surface area contributed by atoms with E-state index >= 15 is 0 Å². The molecule has 0 fully saturated rings. The molecule has 0 aliphatic heterocycles. The maximum atomic E-state index is 12.8. The summed E-state index contributed by atoms with van der Waals surface area (Å²) < 4.78 is 1.71. The molecule has 4 heteroatoms. The molecule has 0 radical (unpaired) electrons. The van der Waals surface area contributed by atoms with Gasteiger partial charge >= 0.3 is 0 Å². The number of aryl methyl sites for hydroxylation is 3. The SMILES string of the molecule is Cc1cccc(C[C@H](C)n2cnc3c(C)c(C)ccc3c2=O)n1. The Kier molecular flexibility index (Phi) is 3.99. The Balaban J connectivity index is 2.01. The van der Waals surface area contributed by atoms with Crippen molar-refractivity contribution in [2.45, 2.75) is 40.2 Å². The molecular formula is C19H21N3O. The molecule has 0 bridgehead atoms. The molecule has 0 saturated heterocycles. The lowest BCUT2D eigenvalue weighted by atomic mass is 10.1. The van der Waals surface area contributed by atoms with Crippen LogP contribution in [0.25, 0.3) is 10.9 Å². The van der Waals surface area contributed by atoms with Gasteiger partial charge < -0.3 is 0 Å². The van der Waals surface area contributed by atoms with Gasteiger partial charge in [0.15, 0.2) is 0 Å². The Hall–Kier alpha value is -2.49. The van der Waals surface area contributed by atoms with Crippen molar-refractivity contribution >= 4 is 10.9 Å².